The molecular formula is C12H17N3O3. The molecule has 0 saturated carbocycles. The van der Waals surface area contributed by atoms with Gasteiger partial charge < -0.3 is 15.3 Å². The van der Waals surface area contributed by atoms with Gasteiger partial charge in [0.25, 0.3) is 5.91 Å². The number of hydrogen-bond donors (Lipinski definition) is 2. The van der Waals surface area contributed by atoms with Crippen molar-refractivity contribution in [3.05, 3.63) is 23.9 Å². The fourth-order valence-electron chi connectivity index (χ4n) is 1.22. The number of pyridine rings is 1. The van der Waals surface area contributed by atoms with E-state index in [1.54, 1.807) is 12.1 Å². The van der Waals surface area contributed by atoms with Crippen molar-refractivity contribution < 1.29 is 14.7 Å². The summed E-state index contributed by atoms with van der Waals surface area (Å²) >= 11 is 0. The van der Waals surface area contributed by atoms with Crippen LogP contribution in [-0.2, 0) is 4.79 Å². The number of hydrogen-bond acceptors (Lipinski definition) is 4. The van der Waals surface area contributed by atoms with Crippen LogP contribution in [0.5, 0.6) is 0 Å². The molecule has 1 unspecified atom stereocenters. The topological polar surface area (TPSA) is 82.5 Å². The molecule has 98 valence electrons. The number of carboxylic acids is 1. The van der Waals surface area contributed by atoms with Gasteiger partial charge in [0.15, 0.2) is 0 Å². The van der Waals surface area contributed by atoms with Crippen LogP contribution in [0, 0.1) is 5.92 Å². The molecule has 1 atom stereocenters. The highest BCUT2D eigenvalue weighted by atomic mass is 16.4. The summed E-state index contributed by atoms with van der Waals surface area (Å²) in [5.41, 5.74) is 0.415. The van der Waals surface area contributed by atoms with Gasteiger partial charge in [0.05, 0.1) is 11.5 Å². The third-order valence-corrected chi connectivity index (χ3v) is 2.46. The largest absolute Gasteiger partial charge is 0.481 e. The summed E-state index contributed by atoms with van der Waals surface area (Å²) in [6.07, 6.45) is 1.47. The molecule has 0 spiro atoms. The fourth-order valence-corrected chi connectivity index (χ4v) is 1.22. The van der Waals surface area contributed by atoms with Gasteiger partial charge in [0.2, 0.25) is 0 Å². The van der Waals surface area contributed by atoms with E-state index in [1.807, 2.05) is 19.0 Å². The lowest BCUT2D eigenvalue weighted by molar-refractivity contribution is -0.140. The molecule has 0 aliphatic carbocycles. The van der Waals surface area contributed by atoms with Crippen molar-refractivity contribution in [1.29, 1.82) is 0 Å². The molecule has 1 aromatic rings. The Morgan fingerprint density at radius 1 is 1.44 bits per heavy atom. The summed E-state index contributed by atoms with van der Waals surface area (Å²) in [4.78, 5) is 28.2. The van der Waals surface area contributed by atoms with Crippen molar-refractivity contribution in [1.82, 2.24) is 10.3 Å². The molecule has 18 heavy (non-hydrogen) atoms. The van der Waals surface area contributed by atoms with Crippen LogP contribution in [0.2, 0.25) is 0 Å². The van der Waals surface area contributed by atoms with Crippen molar-refractivity contribution >= 4 is 17.7 Å². The number of nitrogens with one attached hydrogen (secondary N) is 1. The lowest BCUT2D eigenvalue weighted by Crippen LogP contribution is -2.31. The molecule has 1 amide bonds. The Labute approximate surface area is 106 Å². The predicted molar refractivity (Wildman–Crippen MR) is 67.7 cm³/mol. The lowest BCUT2D eigenvalue weighted by Gasteiger charge is -2.12. The first-order valence-electron chi connectivity index (χ1n) is 5.56. The minimum Gasteiger partial charge on any atom is -0.481 e. The number of carbonyl (C=O) groups is 2. The third kappa shape index (κ3) is 3.73. The standard InChI is InChI=1S/C12H17N3O3/c1-8(12(17)18)6-14-11(16)9-4-5-10(13-7-9)15(2)3/h4-5,7-8H,6H2,1-3H3,(H,14,16)(H,17,18). The van der Waals surface area contributed by atoms with Gasteiger partial charge in [-0.3, -0.25) is 9.59 Å². The minimum atomic E-state index is -0.934. The van der Waals surface area contributed by atoms with E-state index in [1.165, 1.54) is 13.1 Å². The molecule has 0 fully saturated rings. The summed E-state index contributed by atoms with van der Waals surface area (Å²) in [5.74, 6) is -1.11. The Morgan fingerprint density at radius 2 is 2.11 bits per heavy atom. The number of aliphatic carboxylic acids is 1. The number of nitrogens with zero attached hydrogens (tertiary/aromatic N) is 2. The van der Waals surface area contributed by atoms with Crippen molar-refractivity contribution in [2.24, 2.45) is 5.92 Å². The van der Waals surface area contributed by atoms with Crippen LogP contribution >= 0.6 is 0 Å². The van der Waals surface area contributed by atoms with Crippen LogP contribution in [0.25, 0.3) is 0 Å². The van der Waals surface area contributed by atoms with E-state index >= 15 is 0 Å². The quantitative estimate of drug-likeness (QED) is 0.800. The zero-order valence-corrected chi connectivity index (χ0v) is 10.7. The zero-order valence-electron chi connectivity index (χ0n) is 10.7. The van der Waals surface area contributed by atoms with E-state index in [-0.39, 0.29) is 12.5 Å². The number of carbonyl (C=O) groups excluding carboxylic acids is 1. The monoisotopic (exact) mass is 251 g/mol. The van der Waals surface area contributed by atoms with Gasteiger partial charge in [-0.2, -0.15) is 0 Å². The Hall–Kier alpha value is -2.11. The minimum absolute atomic E-state index is 0.101. The van der Waals surface area contributed by atoms with Crippen LogP contribution in [-0.4, -0.2) is 42.6 Å². The second-order valence-corrected chi connectivity index (χ2v) is 4.25. The number of aromatic nitrogens is 1. The van der Waals surface area contributed by atoms with E-state index in [0.29, 0.717) is 5.56 Å². The Balaban J connectivity index is 2.59. The van der Waals surface area contributed by atoms with Crippen molar-refractivity contribution in [3.8, 4) is 0 Å². The molecular weight excluding hydrogens is 234 g/mol. The smallest absolute Gasteiger partial charge is 0.308 e. The van der Waals surface area contributed by atoms with Crippen LogP contribution < -0.4 is 10.2 Å². The lowest BCUT2D eigenvalue weighted by atomic mass is 10.2. The van der Waals surface area contributed by atoms with Crippen molar-refractivity contribution in [3.63, 3.8) is 0 Å². The molecule has 2 N–H and O–H groups in total. The van der Waals surface area contributed by atoms with Gasteiger partial charge in [0.1, 0.15) is 5.82 Å². The molecule has 0 bridgehead atoms. The van der Waals surface area contributed by atoms with Gasteiger partial charge in [-0.05, 0) is 12.1 Å². The maximum Gasteiger partial charge on any atom is 0.308 e. The van der Waals surface area contributed by atoms with Gasteiger partial charge >= 0.3 is 5.97 Å². The fraction of sp³-hybridized carbons (Fsp3) is 0.417. The molecule has 6 heteroatoms. The maximum atomic E-state index is 11.7. The van der Waals surface area contributed by atoms with Crippen molar-refractivity contribution in [2.45, 2.75) is 6.92 Å². The third-order valence-electron chi connectivity index (χ3n) is 2.46. The van der Waals surface area contributed by atoms with Crippen LogP contribution in [0.4, 0.5) is 5.82 Å². The van der Waals surface area contributed by atoms with Gasteiger partial charge in [0, 0.05) is 26.8 Å². The highest BCUT2D eigenvalue weighted by Crippen LogP contribution is 2.07. The highest BCUT2D eigenvalue weighted by Gasteiger charge is 2.13. The SMILES string of the molecule is CC(CNC(=O)c1ccc(N(C)C)nc1)C(=O)O. The first kappa shape index (κ1) is 14.0. The average Bonchev–Trinajstić information content (AvgIpc) is 2.35. The zero-order chi connectivity index (χ0) is 13.7. The molecule has 0 radical (unpaired) electrons. The van der Waals surface area contributed by atoms with E-state index < -0.39 is 11.9 Å². The van der Waals surface area contributed by atoms with E-state index in [2.05, 4.69) is 10.3 Å². The first-order valence-corrected chi connectivity index (χ1v) is 5.56. The average molecular weight is 251 g/mol. The van der Waals surface area contributed by atoms with Crippen LogP contribution in [0.1, 0.15) is 17.3 Å². The highest BCUT2D eigenvalue weighted by molar-refractivity contribution is 5.94. The molecule has 6 nitrogen and oxygen atoms in total. The Bertz CT molecular complexity index is 429. The summed E-state index contributed by atoms with van der Waals surface area (Å²) < 4.78 is 0. The van der Waals surface area contributed by atoms with Gasteiger partial charge in [-0.1, -0.05) is 6.92 Å². The second-order valence-electron chi connectivity index (χ2n) is 4.25. The number of anilines is 1. The van der Waals surface area contributed by atoms with E-state index in [0.717, 1.165) is 5.82 Å². The van der Waals surface area contributed by atoms with E-state index in [9.17, 15) is 9.59 Å². The number of rotatable bonds is 5. The molecule has 0 aliphatic heterocycles. The first-order chi connectivity index (χ1) is 8.41. The predicted octanol–water partition coefficient (Wildman–Crippen LogP) is 0.598. The number of amides is 1. The molecule has 1 aromatic heterocycles. The Kier molecular flexibility index (Phi) is 4.65. The molecule has 0 saturated heterocycles. The summed E-state index contributed by atoms with van der Waals surface area (Å²) in [6, 6.07) is 3.39. The Morgan fingerprint density at radius 3 is 2.56 bits per heavy atom. The summed E-state index contributed by atoms with van der Waals surface area (Å²) in [5, 5.41) is 11.2. The summed E-state index contributed by atoms with van der Waals surface area (Å²) in [7, 11) is 3.72. The van der Waals surface area contributed by atoms with Crippen LogP contribution in [0.15, 0.2) is 18.3 Å². The molecule has 1 heterocycles. The van der Waals surface area contributed by atoms with Gasteiger partial charge in [-0.25, -0.2) is 4.98 Å². The normalized spacial score (nSPS) is 11.7. The number of carboxylic acid groups (broad SMARTS) is 1. The van der Waals surface area contributed by atoms with Crippen LogP contribution in [0.3, 0.4) is 0 Å². The van der Waals surface area contributed by atoms with E-state index in [4.69, 9.17) is 5.11 Å². The maximum absolute atomic E-state index is 11.7. The molecule has 1 rings (SSSR count). The van der Waals surface area contributed by atoms with Crippen molar-refractivity contribution in [2.75, 3.05) is 25.5 Å². The second kappa shape index (κ2) is 6.00. The summed E-state index contributed by atoms with van der Waals surface area (Å²) in [6.45, 7) is 1.64. The molecule has 0 aromatic carbocycles. The van der Waals surface area contributed by atoms with Gasteiger partial charge in [-0.15, -0.1) is 0 Å². The molecule has 0 aliphatic rings.